The Labute approximate surface area is 127 Å². The van der Waals surface area contributed by atoms with Crippen molar-refractivity contribution in [2.24, 2.45) is 5.92 Å². The van der Waals surface area contributed by atoms with Gasteiger partial charge in [0.2, 0.25) is 0 Å². The molecule has 0 radical (unpaired) electrons. The van der Waals surface area contributed by atoms with Gasteiger partial charge in [-0.3, -0.25) is 9.63 Å². The van der Waals surface area contributed by atoms with Crippen LogP contribution in [0.15, 0.2) is 30.3 Å². The monoisotopic (exact) mass is 293 g/mol. The molecule has 0 spiro atoms. The molecule has 1 unspecified atom stereocenters. The van der Waals surface area contributed by atoms with Gasteiger partial charge in [0.1, 0.15) is 0 Å². The minimum absolute atomic E-state index is 0.132. The fourth-order valence-electron chi connectivity index (χ4n) is 2.07. The summed E-state index contributed by atoms with van der Waals surface area (Å²) in [7, 11) is 0. The average molecular weight is 293 g/mol. The molecule has 1 aromatic rings. The van der Waals surface area contributed by atoms with Crippen molar-refractivity contribution in [2.45, 2.75) is 46.1 Å². The van der Waals surface area contributed by atoms with Crippen molar-refractivity contribution in [3.8, 4) is 0 Å². The maximum absolute atomic E-state index is 11.9. The molecule has 1 N–H and O–H groups in total. The standard InChI is InChI=1S/C17H27NO3/c1-3-5-7-12-16(17(19)20-4-2)13-18-21-14-15-10-8-6-9-11-15/h6,8-11,16,18H,3-5,7,12-14H2,1-2H3. The van der Waals surface area contributed by atoms with Crippen molar-refractivity contribution in [3.63, 3.8) is 0 Å². The number of nitrogens with one attached hydrogen (secondary N) is 1. The zero-order chi connectivity index (χ0) is 15.3. The highest BCUT2D eigenvalue weighted by Gasteiger charge is 2.19. The third-order valence-corrected chi connectivity index (χ3v) is 3.29. The van der Waals surface area contributed by atoms with Gasteiger partial charge in [-0.1, -0.05) is 56.5 Å². The first-order valence-corrected chi connectivity index (χ1v) is 7.83. The van der Waals surface area contributed by atoms with E-state index in [1.807, 2.05) is 37.3 Å². The van der Waals surface area contributed by atoms with Crippen LogP contribution in [0.3, 0.4) is 0 Å². The fraction of sp³-hybridized carbons (Fsp3) is 0.588. The number of ether oxygens (including phenoxy) is 1. The van der Waals surface area contributed by atoms with Crippen LogP contribution in [0.5, 0.6) is 0 Å². The molecule has 4 heteroatoms. The summed E-state index contributed by atoms with van der Waals surface area (Å²) in [4.78, 5) is 17.3. The van der Waals surface area contributed by atoms with E-state index < -0.39 is 0 Å². The van der Waals surface area contributed by atoms with Crippen LogP contribution in [0.2, 0.25) is 0 Å². The topological polar surface area (TPSA) is 47.6 Å². The maximum atomic E-state index is 11.9. The van der Waals surface area contributed by atoms with Crippen LogP contribution >= 0.6 is 0 Å². The Morgan fingerprint density at radius 2 is 1.95 bits per heavy atom. The number of carbonyl (C=O) groups excluding carboxylic acids is 1. The van der Waals surface area contributed by atoms with E-state index in [1.165, 1.54) is 0 Å². The third-order valence-electron chi connectivity index (χ3n) is 3.29. The van der Waals surface area contributed by atoms with Crippen molar-refractivity contribution in [3.05, 3.63) is 35.9 Å². The Balaban J connectivity index is 2.29. The molecule has 0 saturated carbocycles. The van der Waals surface area contributed by atoms with Crippen molar-refractivity contribution >= 4 is 5.97 Å². The summed E-state index contributed by atoms with van der Waals surface area (Å²) in [5.41, 5.74) is 4.00. The van der Waals surface area contributed by atoms with Gasteiger partial charge in [0.15, 0.2) is 0 Å². The Kier molecular flexibility index (Phi) is 9.49. The van der Waals surface area contributed by atoms with E-state index in [1.54, 1.807) is 0 Å². The lowest BCUT2D eigenvalue weighted by Gasteiger charge is -2.16. The smallest absolute Gasteiger partial charge is 0.310 e. The molecule has 0 saturated heterocycles. The lowest BCUT2D eigenvalue weighted by molar-refractivity contribution is -0.149. The van der Waals surface area contributed by atoms with Gasteiger partial charge in [0.05, 0.1) is 19.1 Å². The molecule has 0 fully saturated rings. The summed E-state index contributed by atoms with van der Waals surface area (Å²) in [6, 6.07) is 9.94. The number of hydrogen-bond donors (Lipinski definition) is 1. The molecule has 1 rings (SSSR count). The SMILES string of the molecule is CCCCCC(CNOCc1ccccc1)C(=O)OCC. The van der Waals surface area contributed by atoms with E-state index in [2.05, 4.69) is 12.4 Å². The van der Waals surface area contributed by atoms with Gasteiger partial charge in [-0.15, -0.1) is 0 Å². The molecular formula is C17H27NO3. The van der Waals surface area contributed by atoms with Crippen molar-refractivity contribution < 1.29 is 14.4 Å². The summed E-state index contributed by atoms with van der Waals surface area (Å²) in [6.45, 7) is 5.40. The lowest BCUT2D eigenvalue weighted by atomic mass is 10.0. The van der Waals surface area contributed by atoms with E-state index in [-0.39, 0.29) is 11.9 Å². The van der Waals surface area contributed by atoms with Gasteiger partial charge in [-0.05, 0) is 18.9 Å². The first-order chi connectivity index (χ1) is 10.3. The fourth-order valence-corrected chi connectivity index (χ4v) is 2.07. The number of carbonyl (C=O) groups is 1. The number of benzene rings is 1. The lowest BCUT2D eigenvalue weighted by Crippen LogP contribution is -2.30. The molecule has 21 heavy (non-hydrogen) atoms. The van der Waals surface area contributed by atoms with Crippen LogP contribution < -0.4 is 5.48 Å². The van der Waals surface area contributed by atoms with Crippen molar-refractivity contribution in [2.75, 3.05) is 13.2 Å². The molecule has 1 atom stereocenters. The molecule has 0 aliphatic carbocycles. The Hall–Kier alpha value is -1.39. The summed E-state index contributed by atoms with van der Waals surface area (Å²) >= 11 is 0. The Morgan fingerprint density at radius 1 is 1.19 bits per heavy atom. The number of rotatable bonds is 11. The summed E-state index contributed by atoms with van der Waals surface area (Å²) in [6.07, 6.45) is 4.17. The van der Waals surface area contributed by atoms with Crippen LogP contribution in [0.4, 0.5) is 0 Å². The van der Waals surface area contributed by atoms with Crippen LogP contribution in [0.1, 0.15) is 45.1 Å². The minimum Gasteiger partial charge on any atom is -0.466 e. The highest BCUT2D eigenvalue weighted by molar-refractivity contribution is 5.72. The van der Waals surface area contributed by atoms with Gasteiger partial charge in [0.25, 0.3) is 0 Å². The first-order valence-electron chi connectivity index (χ1n) is 7.83. The second kappa shape index (κ2) is 11.3. The normalized spacial score (nSPS) is 12.1. The summed E-state index contributed by atoms with van der Waals surface area (Å²) < 4.78 is 5.12. The quantitative estimate of drug-likeness (QED) is 0.385. The van der Waals surface area contributed by atoms with E-state index >= 15 is 0 Å². The number of hydroxylamine groups is 1. The zero-order valence-electron chi connectivity index (χ0n) is 13.1. The molecular weight excluding hydrogens is 266 g/mol. The van der Waals surface area contributed by atoms with Crippen LogP contribution in [0, 0.1) is 5.92 Å². The number of esters is 1. The molecule has 0 amide bonds. The minimum atomic E-state index is -0.135. The summed E-state index contributed by atoms with van der Waals surface area (Å²) in [5.74, 6) is -0.267. The third kappa shape index (κ3) is 7.83. The molecule has 0 bridgehead atoms. The highest BCUT2D eigenvalue weighted by Crippen LogP contribution is 2.11. The van der Waals surface area contributed by atoms with E-state index in [9.17, 15) is 4.79 Å². The number of hydrogen-bond acceptors (Lipinski definition) is 4. The molecule has 0 heterocycles. The van der Waals surface area contributed by atoms with E-state index in [0.717, 1.165) is 31.2 Å². The molecule has 118 valence electrons. The highest BCUT2D eigenvalue weighted by atomic mass is 16.6. The van der Waals surface area contributed by atoms with Gasteiger partial charge >= 0.3 is 5.97 Å². The zero-order valence-corrected chi connectivity index (χ0v) is 13.1. The van der Waals surface area contributed by atoms with Crippen LogP contribution in [-0.4, -0.2) is 19.1 Å². The van der Waals surface area contributed by atoms with Crippen LogP contribution in [-0.2, 0) is 21.0 Å². The molecule has 4 nitrogen and oxygen atoms in total. The maximum Gasteiger partial charge on any atom is 0.310 e. The van der Waals surface area contributed by atoms with Gasteiger partial charge in [0, 0.05) is 6.54 Å². The second-order valence-corrected chi connectivity index (χ2v) is 5.07. The van der Waals surface area contributed by atoms with Crippen LogP contribution in [0.25, 0.3) is 0 Å². The van der Waals surface area contributed by atoms with Gasteiger partial charge in [-0.2, -0.15) is 0 Å². The van der Waals surface area contributed by atoms with E-state index in [0.29, 0.717) is 19.8 Å². The van der Waals surface area contributed by atoms with Crippen molar-refractivity contribution in [1.82, 2.24) is 5.48 Å². The molecule has 1 aromatic carbocycles. The molecule has 0 aromatic heterocycles. The predicted octanol–water partition coefficient (Wildman–Crippen LogP) is 3.47. The molecule has 0 aliphatic heterocycles. The Morgan fingerprint density at radius 3 is 2.62 bits per heavy atom. The second-order valence-electron chi connectivity index (χ2n) is 5.07. The van der Waals surface area contributed by atoms with E-state index in [4.69, 9.17) is 9.57 Å². The Bertz CT molecular complexity index is 381. The largest absolute Gasteiger partial charge is 0.466 e. The average Bonchev–Trinajstić information content (AvgIpc) is 2.51. The summed E-state index contributed by atoms with van der Waals surface area (Å²) in [5, 5.41) is 0. The molecule has 0 aliphatic rings. The predicted molar refractivity (Wildman–Crippen MR) is 83.5 cm³/mol. The van der Waals surface area contributed by atoms with Gasteiger partial charge < -0.3 is 4.74 Å². The van der Waals surface area contributed by atoms with Gasteiger partial charge in [-0.25, -0.2) is 5.48 Å². The van der Waals surface area contributed by atoms with Crippen molar-refractivity contribution in [1.29, 1.82) is 0 Å². The first kappa shape index (κ1) is 17.7. The number of unbranched alkanes of at least 4 members (excludes halogenated alkanes) is 2.